The molecule has 0 aliphatic rings. The van der Waals surface area contributed by atoms with E-state index in [4.69, 9.17) is 0 Å². The Morgan fingerprint density at radius 2 is 2.13 bits per heavy atom. The predicted molar refractivity (Wildman–Crippen MR) is 67.5 cm³/mol. The first-order valence-corrected chi connectivity index (χ1v) is 6.41. The van der Waals surface area contributed by atoms with Gasteiger partial charge < -0.3 is 5.32 Å². The van der Waals surface area contributed by atoms with Crippen LogP contribution in [0, 0.1) is 12.3 Å². The van der Waals surface area contributed by atoms with Crippen molar-refractivity contribution in [3.63, 3.8) is 0 Å². The van der Waals surface area contributed by atoms with Gasteiger partial charge in [-0.15, -0.1) is 11.3 Å². The van der Waals surface area contributed by atoms with Gasteiger partial charge in [0, 0.05) is 18.0 Å². The Hall–Kier alpha value is -0.410. The molecule has 2 nitrogen and oxygen atoms in total. The summed E-state index contributed by atoms with van der Waals surface area (Å²) in [4.78, 5) is 4.51. The fourth-order valence-electron chi connectivity index (χ4n) is 1.52. The summed E-state index contributed by atoms with van der Waals surface area (Å²) in [6.07, 6.45) is 1.05. The molecular formula is C12H22N2S. The summed E-state index contributed by atoms with van der Waals surface area (Å²) < 4.78 is 0. The fourth-order valence-corrected chi connectivity index (χ4v) is 2.14. The van der Waals surface area contributed by atoms with E-state index >= 15 is 0 Å². The molecule has 1 aromatic rings. The van der Waals surface area contributed by atoms with Crippen LogP contribution in [0.2, 0.25) is 0 Å². The van der Waals surface area contributed by atoms with Gasteiger partial charge in [0.05, 0.1) is 10.7 Å². The molecule has 0 fully saturated rings. The van der Waals surface area contributed by atoms with E-state index in [2.05, 4.69) is 50.3 Å². The van der Waals surface area contributed by atoms with Gasteiger partial charge in [0.2, 0.25) is 0 Å². The fraction of sp³-hybridized carbons (Fsp3) is 0.750. The van der Waals surface area contributed by atoms with Crippen molar-refractivity contribution in [3.8, 4) is 0 Å². The van der Waals surface area contributed by atoms with E-state index in [1.165, 1.54) is 5.69 Å². The molecule has 0 amide bonds. The lowest BCUT2D eigenvalue weighted by atomic mass is 9.88. The maximum absolute atomic E-state index is 4.51. The first-order valence-electron chi connectivity index (χ1n) is 5.53. The quantitative estimate of drug-likeness (QED) is 0.835. The van der Waals surface area contributed by atoms with Crippen molar-refractivity contribution < 1.29 is 0 Å². The zero-order chi connectivity index (χ0) is 11.5. The smallest absolute Gasteiger partial charge is 0.0897 e. The number of nitrogens with zero attached hydrogens (tertiary/aromatic N) is 1. The molecule has 0 saturated heterocycles. The number of nitrogens with one attached hydrogen (secondary N) is 1. The molecule has 0 aromatic carbocycles. The zero-order valence-electron chi connectivity index (χ0n) is 10.4. The Labute approximate surface area is 97.1 Å². The van der Waals surface area contributed by atoms with Crippen LogP contribution in [0.3, 0.4) is 0 Å². The number of hydrogen-bond donors (Lipinski definition) is 1. The lowest BCUT2D eigenvalue weighted by Crippen LogP contribution is -2.35. The van der Waals surface area contributed by atoms with E-state index in [1.807, 2.05) is 0 Å². The average molecular weight is 226 g/mol. The van der Waals surface area contributed by atoms with Crippen molar-refractivity contribution >= 4 is 11.3 Å². The maximum Gasteiger partial charge on any atom is 0.0897 e. The number of aromatic nitrogens is 1. The Bertz CT molecular complexity index is 302. The van der Waals surface area contributed by atoms with Gasteiger partial charge >= 0.3 is 0 Å². The summed E-state index contributed by atoms with van der Waals surface area (Å²) in [6.45, 7) is 12.1. The molecule has 0 aliphatic heterocycles. The van der Waals surface area contributed by atoms with E-state index in [1.54, 1.807) is 11.3 Å². The minimum absolute atomic E-state index is 0.283. The minimum Gasteiger partial charge on any atom is -0.314 e. The number of rotatable bonds is 5. The van der Waals surface area contributed by atoms with Crippen LogP contribution < -0.4 is 5.32 Å². The largest absolute Gasteiger partial charge is 0.314 e. The van der Waals surface area contributed by atoms with Crippen LogP contribution in [0.1, 0.15) is 38.4 Å². The van der Waals surface area contributed by atoms with Crippen LogP contribution in [0.4, 0.5) is 0 Å². The molecule has 0 radical (unpaired) electrons. The average Bonchev–Trinajstić information content (AvgIpc) is 2.47. The van der Waals surface area contributed by atoms with Gasteiger partial charge in [-0.2, -0.15) is 0 Å². The van der Waals surface area contributed by atoms with Gasteiger partial charge in [0.1, 0.15) is 0 Å². The van der Waals surface area contributed by atoms with E-state index in [9.17, 15) is 0 Å². The molecule has 1 N–H and O–H groups in total. The van der Waals surface area contributed by atoms with Crippen molar-refractivity contribution in [2.24, 2.45) is 5.41 Å². The van der Waals surface area contributed by atoms with Crippen molar-refractivity contribution in [1.82, 2.24) is 10.3 Å². The molecule has 15 heavy (non-hydrogen) atoms. The Morgan fingerprint density at radius 1 is 1.47 bits per heavy atom. The number of hydrogen-bond acceptors (Lipinski definition) is 3. The molecule has 1 heterocycles. The Morgan fingerprint density at radius 3 is 2.60 bits per heavy atom. The van der Waals surface area contributed by atoms with E-state index < -0.39 is 0 Å². The summed E-state index contributed by atoms with van der Waals surface area (Å²) in [5.41, 5.74) is 1.51. The first kappa shape index (κ1) is 12.7. The molecular weight excluding hydrogens is 204 g/mol. The monoisotopic (exact) mass is 226 g/mol. The highest BCUT2D eigenvalue weighted by Crippen LogP contribution is 2.22. The van der Waals surface area contributed by atoms with Gasteiger partial charge in [-0.05, 0) is 18.8 Å². The lowest BCUT2D eigenvalue weighted by Gasteiger charge is -2.25. The third kappa shape index (κ3) is 4.76. The van der Waals surface area contributed by atoms with Crippen molar-refractivity contribution in [2.45, 2.75) is 47.1 Å². The molecule has 0 bridgehead atoms. The van der Waals surface area contributed by atoms with Crippen molar-refractivity contribution in [3.05, 3.63) is 16.1 Å². The summed E-state index contributed by atoms with van der Waals surface area (Å²) in [5, 5.41) is 6.83. The maximum atomic E-state index is 4.51. The van der Waals surface area contributed by atoms with Crippen LogP contribution in [-0.2, 0) is 6.42 Å². The highest BCUT2D eigenvalue weighted by molar-refractivity contribution is 7.09. The molecule has 86 valence electrons. The van der Waals surface area contributed by atoms with Crippen LogP contribution in [0.15, 0.2) is 5.38 Å². The third-order valence-corrected chi connectivity index (χ3v) is 3.14. The topological polar surface area (TPSA) is 24.9 Å². The van der Waals surface area contributed by atoms with E-state index in [0.717, 1.165) is 18.0 Å². The molecule has 1 aromatic heterocycles. The van der Waals surface area contributed by atoms with Crippen molar-refractivity contribution in [2.75, 3.05) is 6.54 Å². The molecule has 0 unspecified atom stereocenters. The minimum atomic E-state index is 0.283. The van der Waals surface area contributed by atoms with Gasteiger partial charge in [-0.25, -0.2) is 4.98 Å². The Balaban J connectivity index is 2.48. The second-order valence-corrected chi connectivity index (χ2v) is 6.30. The highest BCUT2D eigenvalue weighted by Gasteiger charge is 2.19. The molecule has 0 atom stereocenters. The summed E-state index contributed by atoms with van der Waals surface area (Å²) >= 11 is 1.74. The van der Waals surface area contributed by atoms with E-state index in [0.29, 0.717) is 6.04 Å². The predicted octanol–water partition coefficient (Wildman–Crippen LogP) is 3.02. The lowest BCUT2D eigenvalue weighted by molar-refractivity contribution is 0.323. The van der Waals surface area contributed by atoms with Crippen LogP contribution >= 0.6 is 11.3 Å². The number of thiazole rings is 1. The second kappa shape index (κ2) is 5.08. The van der Waals surface area contributed by atoms with Gasteiger partial charge in [-0.3, -0.25) is 0 Å². The standard InChI is InChI=1S/C12H22N2S/c1-9(2)13-8-12(4,5)6-11-7-15-10(3)14-11/h7,9,13H,6,8H2,1-5H3. The summed E-state index contributed by atoms with van der Waals surface area (Å²) in [5.74, 6) is 0. The zero-order valence-corrected chi connectivity index (χ0v) is 11.2. The SMILES string of the molecule is Cc1nc(CC(C)(C)CNC(C)C)cs1. The Kier molecular flexibility index (Phi) is 4.29. The number of aryl methyl sites for hydroxylation is 1. The summed E-state index contributed by atoms with van der Waals surface area (Å²) in [6, 6.07) is 0.557. The second-order valence-electron chi connectivity index (χ2n) is 5.23. The van der Waals surface area contributed by atoms with Crippen molar-refractivity contribution in [1.29, 1.82) is 0 Å². The van der Waals surface area contributed by atoms with Gasteiger partial charge in [0.25, 0.3) is 0 Å². The highest BCUT2D eigenvalue weighted by atomic mass is 32.1. The molecule has 0 aliphatic carbocycles. The summed E-state index contributed by atoms with van der Waals surface area (Å²) in [7, 11) is 0. The first-order chi connectivity index (χ1) is 6.89. The molecule has 0 spiro atoms. The third-order valence-electron chi connectivity index (χ3n) is 2.32. The molecule has 3 heteroatoms. The molecule has 0 saturated carbocycles. The van der Waals surface area contributed by atoms with Gasteiger partial charge in [-0.1, -0.05) is 27.7 Å². The normalized spacial score (nSPS) is 12.4. The van der Waals surface area contributed by atoms with Crippen LogP contribution in [0.5, 0.6) is 0 Å². The van der Waals surface area contributed by atoms with Gasteiger partial charge in [0.15, 0.2) is 0 Å². The van der Waals surface area contributed by atoms with Crippen LogP contribution in [0.25, 0.3) is 0 Å². The van der Waals surface area contributed by atoms with E-state index in [-0.39, 0.29) is 5.41 Å². The van der Waals surface area contributed by atoms with Crippen LogP contribution in [-0.4, -0.2) is 17.6 Å². The molecule has 1 rings (SSSR count).